The third-order valence-corrected chi connectivity index (χ3v) is 10.6. The van der Waals surface area contributed by atoms with Crippen LogP contribution in [-0.2, 0) is 11.3 Å². The lowest BCUT2D eigenvalue weighted by molar-refractivity contribution is -0.131. The van der Waals surface area contributed by atoms with Crippen LogP contribution < -0.4 is 0 Å². The number of carbonyl (C=O) groups is 1. The van der Waals surface area contributed by atoms with Crippen LogP contribution in [0.3, 0.4) is 0 Å². The third-order valence-electron chi connectivity index (χ3n) is 10.3. The van der Waals surface area contributed by atoms with E-state index in [0.29, 0.717) is 16.3 Å². The second-order valence-electron chi connectivity index (χ2n) is 11.8. The van der Waals surface area contributed by atoms with Crippen molar-refractivity contribution in [2.75, 3.05) is 0 Å². The molecule has 0 saturated heterocycles. The maximum absolute atomic E-state index is 13.5. The fourth-order valence-electron chi connectivity index (χ4n) is 8.88. The first-order valence-corrected chi connectivity index (χ1v) is 13.3. The molecule has 4 aliphatic rings. The van der Waals surface area contributed by atoms with E-state index < -0.39 is 0 Å². The van der Waals surface area contributed by atoms with Gasteiger partial charge in [-0.25, -0.2) is 0 Å². The van der Waals surface area contributed by atoms with Crippen LogP contribution in [0.5, 0.6) is 0 Å². The highest BCUT2D eigenvalue weighted by atomic mass is 35.5. The molecule has 172 valence electrons. The van der Waals surface area contributed by atoms with Gasteiger partial charge in [0.1, 0.15) is 17.6 Å². The molecule has 0 radical (unpaired) electrons. The summed E-state index contributed by atoms with van der Waals surface area (Å²) in [5.74, 6) is 5.86. The molecule has 5 heteroatoms. The summed E-state index contributed by atoms with van der Waals surface area (Å²) in [7, 11) is 0. The Bertz CT molecular complexity index is 1030. The number of aromatic nitrogens is 3. The van der Waals surface area contributed by atoms with Crippen molar-refractivity contribution in [3.8, 4) is 0 Å². The highest BCUT2D eigenvalue weighted by Crippen LogP contribution is 2.64. The molecule has 0 N–H and O–H groups in total. The van der Waals surface area contributed by atoms with Crippen LogP contribution in [0.1, 0.15) is 71.6 Å². The highest BCUT2D eigenvalue weighted by molar-refractivity contribution is 6.34. The lowest BCUT2D eigenvalue weighted by Crippen LogP contribution is -2.49. The molecule has 4 aliphatic carbocycles. The van der Waals surface area contributed by atoms with Gasteiger partial charge in [0.15, 0.2) is 5.78 Å². The monoisotopic (exact) mass is 453 g/mol. The lowest BCUT2D eigenvalue weighted by Gasteiger charge is -2.56. The first-order valence-electron chi connectivity index (χ1n) is 13.0. The summed E-state index contributed by atoms with van der Waals surface area (Å²) < 4.78 is 0. The molecule has 2 aromatic rings. The molecule has 1 aromatic carbocycles. The Morgan fingerprint density at radius 3 is 2.75 bits per heavy atom. The Morgan fingerprint density at radius 1 is 1.06 bits per heavy atom. The quantitative estimate of drug-likeness (QED) is 0.528. The van der Waals surface area contributed by atoms with Crippen molar-refractivity contribution in [1.29, 1.82) is 0 Å². The van der Waals surface area contributed by atoms with Crippen molar-refractivity contribution < 1.29 is 4.79 Å². The summed E-state index contributed by atoms with van der Waals surface area (Å²) in [4.78, 5) is 15.1. The standard InChI is InChI=1S/C27H36ClN3O/c1-16-6-8-18-17(14-16)7-9-20-19(18)12-13-27(2)21(20)10-11-22(27)25(32)15-31-29-24-5-3-4-23(28)26(24)30-31/h3-5,16-22H,6-15H2,1-2H3. The molecule has 6 rings (SSSR count). The molecular weight excluding hydrogens is 418 g/mol. The van der Waals surface area contributed by atoms with Crippen molar-refractivity contribution in [3.63, 3.8) is 0 Å². The summed E-state index contributed by atoms with van der Waals surface area (Å²) >= 11 is 6.27. The van der Waals surface area contributed by atoms with Gasteiger partial charge in [-0.1, -0.05) is 37.9 Å². The summed E-state index contributed by atoms with van der Waals surface area (Å²) in [5, 5.41) is 9.65. The smallest absolute Gasteiger partial charge is 0.159 e. The van der Waals surface area contributed by atoms with Crippen molar-refractivity contribution in [3.05, 3.63) is 23.2 Å². The number of benzene rings is 1. The minimum absolute atomic E-state index is 0.155. The van der Waals surface area contributed by atoms with Crippen molar-refractivity contribution in [2.45, 2.75) is 78.2 Å². The van der Waals surface area contributed by atoms with Gasteiger partial charge in [-0.3, -0.25) is 4.79 Å². The lowest BCUT2D eigenvalue weighted by atomic mass is 9.49. The fourth-order valence-corrected chi connectivity index (χ4v) is 9.09. The average Bonchev–Trinajstić information content (AvgIpc) is 3.34. The molecule has 0 aliphatic heterocycles. The molecule has 0 bridgehead atoms. The molecule has 1 heterocycles. The van der Waals surface area contributed by atoms with Crippen LogP contribution in [0.2, 0.25) is 5.02 Å². The molecule has 4 nitrogen and oxygen atoms in total. The van der Waals surface area contributed by atoms with E-state index in [-0.39, 0.29) is 17.9 Å². The van der Waals surface area contributed by atoms with E-state index in [1.54, 1.807) is 4.80 Å². The van der Waals surface area contributed by atoms with Gasteiger partial charge in [-0.15, -0.1) is 0 Å². The molecule has 8 unspecified atom stereocenters. The van der Waals surface area contributed by atoms with Crippen LogP contribution in [0.15, 0.2) is 18.2 Å². The number of ketones is 1. The van der Waals surface area contributed by atoms with E-state index in [1.165, 1.54) is 51.4 Å². The van der Waals surface area contributed by atoms with Crippen LogP contribution in [0.4, 0.5) is 0 Å². The predicted molar refractivity (Wildman–Crippen MR) is 127 cm³/mol. The Hall–Kier alpha value is -1.42. The van der Waals surface area contributed by atoms with Gasteiger partial charge in [-0.05, 0) is 104 Å². The van der Waals surface area contributed by atoms with Crippen molar-refractivity contribution in [2.24, 2.45) is 46.8 Å². The van der Waals surface area contributed by atoms with E-state index in [0.717, 1.165) is 47.4 Å². The van der Waals surface area contributed by atoms with Crippen LogP contribution in [0, 0.1) is 46.8 Å². The zero-order chi connectivity index (χ0) is 22.0. The Kier molecular flexibility index (Phi) is 5.17. The minimum atomic E-state index is 0.155. The van der Waals surface area contributed by atoms with E-state index in [4.69, 9.17) is 11.6 Å². The summed E-state index contributed by atoms with van der Waals surface area (Å²) in [5.41, 5.74) is 1.62. The van der Waals surface area contributed by atoms with Crippen LogP contribution in [-0.4, -0.2) is 20.8 Å². The average molecular weight is 454 g/mol. The third kappa shape index (κ3) is 3.27. The number of hydrogen-bond acceptors (Lipinski definition) is 3. The maximum atomic E-state index is 13.5. The summed E-state index contributed by atoms with van der Waals surface area (Å²) in [6, 6.07) is 5.62. The Labute approximate surface area is 196 Å². The zero-order valence-electron chi connectivity index (χ0n) is 19.5. The molecule has 4 fully saturated rings. The molecule has 8 atom stereocenters. The summed E-state index contributed by atoms with van der Waals surface area (Å²) in [6.45, 7) is 5.18. The number of rotatable bonds is 3. The SMILES string of the molecule is CC1CCC2C(CCC3C2CCC2(C)C(C(=O)Cn4nc5cccc(Cl)c5n4)CCC32)C1. The minimum Gasteiger partial charge on any atom is -0.297 e. The fraction of sp³-hybridized carbons (Fsp3) is 0.741. The zero-order valence-corrected chi connectivity index (χ0v) is 20.2. The molecule has 0 amide bonds. The highest BCUT2D eigenvalue weighted by Gasteiger charge is 2.58. The van der Waals surface area contributed by atoms with E-state index in [9.17, 15) is 4.79 Å². The van der Waals surface area contributed by atoms with Gasteiger partial charge in [0, 0.05) is 5.92 Å². The Balaban J connectivity index is 1.19. The number of Topliss-reactive ketones (excluding diaryl/α,β-unsaturated/α-hetero) is 1. The number of fused-ring (bicyclic) bond motifs is 6. The van der Waals surface area contributed by atoms with Gasteiger partial charge < -0.3 is 0 Å². The normalized spacial score (nSPS) is 41.2. The van der Waals surface area contributed by atoms with Crippen molar-refractivity contribution in [1.82, 2.24) is 15.0 Å². The number of hydrogen-bond donors (Lipinski definition) is 0. The number of carbonyl (C=O) groups excluding carboxylic acids is 1. The van der Waals surface area contributed by atoms with Crippen molar-refractivity contribution >= 4 is 28.4 Å². The second-order valence-corrected chi connectivity index (χ2v) is 12.2. The van der Waals surface area contributed by atoms with E-state index in [1.807, 2.05) is 18.2 Å². The topological polar surface area (TPSA) is 47.8 Å². The summed E-state index contributed by atoms with van der Waals surface area (Å²) in [6.07, 6.45) is 12.1. The Morgan fingerprint density at radius 2 is 1.91 bits per heavy atom. The first-order chi connectivity index (χ1) is 15.4. The van der Waals surface area contributed by atoms with Gasteiger partial charge >= 0.3 is 0 Å². The van der Waals surface area contributed by atoms with Gasteiger partial charge in [0.2, 0.25) is 0 Å². The van der Waals surface area contributed by atoms with Gasteiger partial charge in [0.25, 0.3) is 0 Å². The molecule has 32 heavy (non-hydrogen) atoms. The van der Waals surface area contributed by atoms with E-state index >= 15 is 0 Å². The van der Waals surface area contributed by atoms with Gasteiger partial charge in [0.05, 0.1) is 5.02 Å². The molecular formula is C27H36ClN3O. The second kappa shape index (κ2) is 7.82. The number of nitrogens with zero attached hydrogens (tertiary/aromatic N) is 3. The van der Waals surface area contributed by atoms with Crippen LogP contribution in [0.25, 0.3) is 11.0 Å². The maximum Gasteiger partial charge on any atom is 0.159 e. The largest absolute Gasteiger partial charge is 0.297 e. The van der Waals surface area contributed by atoms with Gasteiger partial charge in [-0.2, -0.15) is 15.0 Å². The predicted octanol–water partition coefficient (Wildman–Crippen LogP) is 6.56. The molecule has 1 aromatic heterocycles. The van der Waals surface area contributed by atoms with Crippen LogP contribution >= 0.6 is 11.6 Å². The first kappa shape index (κ1) is 21.1. The molecule has 4 saturated carbocycles. The molecule has 0 spiro atoms. The number of halogens is 1. The van der Waals surface area contributed by atoms with E-state index in [2.05, 4.69) is 24.0 Å².